The van der Waals surface area contributed by atoms with Crippen LogP contribution in [0.5, 0.6) is 0 Å². The van der Waals surface area contributed by atoms with E-state index in [9.17, 15) is 14.9 Å². The van der Waals surface area contributed by atoms with Crippen LogP contribution in [0.2, 0.25) is 0 Å². The number of nitrogens with zero attached hydrogens (tertiary/aromatic N) is 1. The van der Waals surface area contributed by atoms with E-state index in [1.807, 2.05) is 25.1 Å². The Kier molecular flexibility index (Phi) is 6.74. The first-order chi connectivity index (χ1) is 12.4. The lowest BCUT2D eigenvalue weighted by atomic mass is 10.2. The number of nitrogens with one attached hydrogen (secondary N) is 2. The average Bonchev–Trinajstić information content (AvgIpc) is 2.64. The molecule has 2 rings (SSSR count). The molecule has 0 spiro atoms. The zero-order chi connectivity index (χ0) is 19.1. The van der Waals surface area contributed by atoms with Crippen LogP contribution in [0.15, 0.2) is 54.2 Å². The highest BCUT2D eigenvalue weighted by Crippen LogP contribution is 2.18. The van der Waals surface area contributed by atoms with Gasteiger partial charge in [0.1, 0.15) is 11.6 Å². The van der Waals surface area contributed by atoms with Gasteiger partial charge in [0.05, 0.1) is 12.7 Å². The van der Waals surface area contributed by atoms with Crippen molar-refractivity contribution >= 4 is 45.8 Å². The van der Waals surface area contributed by atoms with Gasteiger partial charge in [-0.2, -0.15) is 5.26 Å². The number of methoxy groups -OCH3 is 1. The Hall–Kier alpha value is -2.86. The number of benzene rings is 2. The molecule has 0 atom stereocenters. The van der Waals surface area contributed by atoms with Crippen molar-refractivity contribution in [2.24, 2.45) is 0 Å². The van der Waals surface area contributed by atoms with Crippen LogP contribution in [0.1, 0.15) is 15.9 Å². The lowest BCUT2D eigenvalue weighted by Gasteiger charge is -2.08. The minimum Gasteiger partial charge on any atom is -0.465 e. The lowest BCUT2D eigenvalue weighted by Crippen LogP contribution is -2.15. The lowest BCUT2D eigenvalue weighted by molar-refractivity contribution is -0.112. The number of hydrogen-bond acceptors (Lipinski definition) is 5. The molecule has 0 aliphatic rings. The fourth-order valence-electron chi connectivity index (χ4n) is 2.08. The summed E-state index contributed by atoms with van der Waals surface area (Å²) in [6.07, 6.45) is 1.32. The third kappa shape index (κ3) is 5.07. The van der Waals surface area contributed by atoms with Gasteiger partial charge in [-0.1, -0.05) is 0 Å². The van der Waals surface area contributed by atoms with Crippen LogP contribution in [0, 0.1) is 21.8 Å². The number of rotatable bonds is 5. The standard InChI is InChI=1S/C19H16IN3O3/c1-12-9-15(20)5-8-17(12)23-18(24)14(10-21)11-22-16-6-3-13(4-7-16)19(25)26-2/h3-9,11,22H,1-2H3,(H,23,24)/b14-11-. The molecule has 0 saturated heterocycles. The molecule has 0 aliphatic heterocycles. The second kappa shape index (κ2) is 9.01. The van der Waals surface area contributed by atoms with Crippen LogP contribution in [-0.2, 0) is 9.53 Å². The maximum Gasteiger partial charge on any atom is 0.337 e. The van der Waals surface area contributed by atoms with Gasteiger partial charge in [0, 0.05) is 21.1 Å². The summed E-state index contributed by atoms with van der Waals surface area (Å²) in [7, 11) is 1.31. The van der Waals surface area contributed by atoms with E-state index in [-0.39, 0.29) is 5.57 Å². The van der Waals surface area contributed by atoms with Gasteiger partial charge in [0.2, 0.25) is 0 Å². The van der Waals surface area contributed by atoms with Crippen molar-refractivity contribution < 1.29 is 14.3 Å². The molecular weight excluding hydrogens is 445 g/mol. The van der Waals surface area contributed by atoms with E-state index in [1.54, 1.807) is 30.3 Å². The molecule has 0 unspecified atom stereocenters. The number of hydrogen-bond donors (Lipinski definition) is 2. The number of nitriles is 1. The first-order valence-corrected chi connectivity index (χ1v) is 8.65. The summed E-state index contributed by atoms with van der Waals surface area (Å²) < 4.78 is 5.69. The first kappa shape index (κ1) is 19.5. The monoisotopic (exact) mass is 461 g/mol. The Labute approximate surface area is 165 Å². The van der Waals surface area contributed by atoms with E-state index in [0.29, 0.717) is 16.9 Å². The summed E-state index contributed by atoms with van der Waals surface area (Å²) in [6.45, 7) is 1.88. The van der Waals surface area contributed by atoms with Crippen molar-refractivity contribution in [1.82, 2.24) is 0 Å². The molecule has 0 radical (unpaired) electrons. The normalized spacial score (nSPS) is 10.6. The van der Waals surface area contributed by atoms with Crippen LogP contribution in [-0.4, -0.2) is 19.0 Å². The maximum absolute atomic E-state index is 12.3. The predicted octanol–water partition coefficient (Wildman–Crippen LogP) is 3.84. The summed E-state index contributed by atoms with van der Waals surface area (Å²) in [5.74, 6) is -0.937. The number of anilines is 2. The summed E-state index contributed by atoms with van der Waals surface area (Å²) in [5, 5.41) is 14.8. The van der Waals surface area contributed by atoms with Crippen LogP contribution in [0.4, 0.5) is 11.4 Å². The zero-order valence-electron chi connectivity index (χ0n) is 14.2. The van der Waals surface area contributed by atoms with Crippen LogP contribution in [0.25, 0.3) is 0 Å². The quantitative estimate of drug-likeness (QED) is 0.306. The number of carbonyl (C=O) groups excluding carboxylic acids is 2. The second-order valence-electron chi connectivity index (χ2n) is 5.30. The van der Waals surface area contributed by atoms with Crippen molar-refractivity contribution in [1.29, 1.82) is 5.26 Å². The SMILES string of the molecule is COC(=O)c1ccc(N/C=C(/C#N)C(=O)Nc2ccc(I)cc2C)cc1. The highest BCUT2D eigenvalue weighted by molar-refractivity contribution is 14.1. The molecule has 7 heteroatoms. The van der Waals surface area contributed by atoms with Crippen molar-refractivity contribution in [2.45, 2.75) is 6.92 Å². The highest BCUT2D eigenvalue weighted by Gasteiger charge is 2.11. The van der Waals surface area contributed by atoms with Crippen LogP contribution in [0.3, 0.4) is 0 Å². The third-order valence-electron chi connectivity index (χ3n) is 3.49. The summed E-state index contributed by atoms with van der Waals surface area (Å²) in [5.41, 5.74) is 2.53. The molecule has 132 valence electrons. The van der Waals surface area contributed by atoms with Gasteiger partial charge in [-0.3, -0.25) is 4.79 Å². The number of halogens is 1. The van der Waals surface area contributed by atoms with Crippen LogP contribution >= 0.6 is 22.6 Å². The van der Waals surface area contributed by atoms with Gasteiger partial charge >= 0.3 is 5.97 Å². The topological polar surface area (TPSA) is 91.2 Å². The fourth-order valence-corrected chi connectivity index (χ4v) is 2.73. The zero-order valence-corrected chi connectivity index (χ0v) is 16.3. The van der Waals surface area contributed by atoms with E-state index in [4.69, 9.17) is 0 Å². The molecule has 0 saturated carbocycles. The van der Waals surface area contributed by atoms with E-state index in [2.05, 4.69) is 38.0 Å². The number of amides is 1. The Bertz CT molecular complexity index is 899. The third-order valence-corrected chi connectivity index (χ3v) is 4.16. The molecule has 6 nitrogen and oxygen atoms in total. The molecule has 0 aliphatic carbocycles. The highest BCUT2D eigenvalue weighted by atomic mass is 127. The summed E-state index contributed by atoms with van der Waals surface area (Å²) in [4.78, 5) is 23.7. The molecule has 0 heterocycles. The molecule has 0 bridgehead atoms. The molecule has 2 N–H and O–H groups in total. The molecule has 2 aromatic rings. The summed E-state index contributed by atoms with van der Waals surface area (Å²) >= 11 is 2.19. The number of ether oxygens (including phenoxy) is 1. The van der Waals surface area contributed by atoms with E-state index in [0.717, 1.165) is 9.13 Å². The Balaban J connectivity index is 2.08. The average molecular weight is 461 g/mol. The number of aryl methyl sites for hydroxylation is 1. The minimum absolute atomic E-state index is 0.0694. The fraction of sp³-hybridized carbons (Fsp3) is 0.105. The largest absolute Gasteiger partial charge is 0.465 e. The molecule has 26 heavy (non-hydrogen) atoms. The van der Waals surface area contributed by atoms with Gasteiger partial charge in [-0.05, 0) is 77.5 Å². The van der Waals surface area contributed by atoms with Gasteiger partial charge in [-0.25, -0.2) is 4.79 Å². The Morgan fingerprint density at radius 1 is 1.19 bits per heavy atom. The molecule has 1 amide bonds. The van der Waals surface area contributed by atoms with Crippen LogP contribution < -0.4 is 10.6 Å². The van der Waals surface area contributed by atoms with E-state index >= 15 is 0 Å². The Morgan fingerprint density at radius 2 is 1.88 bits per heavy atom. The molecule has 2 aromatic carbocycles. The smallest absolute Gasteiger partial charge is 0.337 e. The molecular formula is C19H16IN3O3. The van der Waals surface area contributed by atoms with E-state index < -0.39 is 11.9 Å². The maximum atomic E-state index is 12.3. The van der Waals surface area contributed by atoms with Gasteiger partial charge < -0.3 is 15.4 Å². The van der Waals surface area contributed by atoms with Gasteiger partial charge in [0.15, 0.2) is 0 Å². The van der Waals surface area contributed by atoms with Crippen molar-refractivity contribution in [3.8, 4) is 6.07 Å². The first-order valence-electron chi connectivity index (χ1n) is 7.57. The summed E-state index contributed by atoms with van der Waals surface area (Å²) in [6, 6.07) is 14.0. The Morgan fingerprint density at radius 3 is 2.46 bits per heavy atom. The van der Waals surface area contributed by atoms with Crippen molar-refractivity contribution in [3.05, 3.63) is 68.9 Å². The number of esters is 1. The molecule has 0 fully saturated rings. The molecule has 0 aromatic heterocycles. The van der Waals surface area contributed by atoms with Crippen molar-refractivity contribution in [3.63, 3.8) is 0 Å². The van der Waals surface area contributed by atoms with Gasteiger partial charge in [0.25, 0.3) is 5.91 Å². The number of carbonyl (C=O) groups is 2. The minimum atomic E-state index is -0.504. The van der Waals surface area contributed by atoms with E-state index in [1.165, 1.54) is 13.3 Å². The second-order valence-corrected chi connectivity index (χ2v) is 6.54. The van der Waals surface area contributed by atoms with Gasteiger partial charge in [-0.15, -0.1) is 0 Å². The van der Waals surface area contributed by atoms with Crippen molar-refractivity contribution in [2.75, 3.05) is 17.7 Å². The predicted molar refractivity (Wildman–Crippen MR) is 108 cm³/mol.